The minimum absolute atomic E-state index is 0.738. The van der Waals surface area contributed by atoms with E-state index < -0.39 is 0 Å². The van der Waals surface area contributed by atoms with Gasteiger partial charge in [0.2, 0.25) is 0 Å². The first-order chi connectivity index (χ1) is 9.72. The molecular weight excluding hydrogens is 318 g/mol. The fourth-order valence-corrected chi connectivity index (χ4v) is 2.59. The standard InChI is InChI=1S/C16H26BrNO2/c1-4-6-7-8-9-20-16-14(17)10-13(12-18-5-2)11-15(16)19-3/h10-11,18H,4-9,12H2,1-3H3. The Morgan fingerprint density at radius 3 is 2.60 bits per heavy atom. The van der Waals surface area contributed by atoms with Gasteiger partial charge in [-0.05, 0) is 46.6 Å². The molecule has 0 atom stereocenters. The summed E-state index contributed by atoms with van der Waals surface area (Å²) in [6.07, 6.45) is 4.81. The first-order valence-electron chi connectivity index (χ1n) is 7.42. The molecule has 0 radical (unpaired) electrons. The molecule has 0 spiro atoms. The van der Waals surface area contributed by atoms with Crippen molar-refractivity contribution in [1.82, 2.24) is 5.32 Å². The Morgan fingerprint density at radius 1 is 1.15 bits per heavy atom. The van der Waals surface area contributed by atoms with E-state index in [1.807, 2.05) is 6.07 Å². The van der Waals surface area contributed by atoms with Gasteiger partial charge in [0, 0.05) is 6.54 Å². The topological polar surface area (TPSA) is 30.5 Å². The highest BCUT2D eigenvalue weighted by Gasteiger charge is 2.11. The number of rotatable bonds is 10. The maximum absolute atomic E-state index is 5.87. The van der Waals surface area contributed by atoms with Gasteiger partial charge in [0.15, 0.2) is 11.5 Å². The van der Waals surface area contributed by atoms with Crippen molar-refractivity contribution in [3.05, 3.63) is 22.2 Å². The predicted octanol–water partition coefficient (Wildman–Crippen LogP) is 4.53. The molecule has 0 unspecified atom stereocenters. The van der Waals surface area contributed by atoms with Gasteiger partial charge in [-0.1, -0.05) is 33.1 Å². The van der Waals surface area contributed by atoms with E-state index in [9.17, 15) is 0 Å². The Balaban J connectivity index is 2.64. The number of hydrogen-bond donors (Lipinski definition) is 1. The summed E-state index contributed by atoms with van der Waals surface area (Å²) in [7, 11) is 1.68. The van der Waals surface area contributed by atoms with E-state index in [-0.39, 0.29) is 0 Å². The zero-order valence-electron chi connectivity index (χ0n) is 12.8. The molecular formula is C16H26BrNO2. The lowest BCUT2D eigenvalue weighted by atomic mass is 10.2. The molecule has 0 fully saturated rings. The van der Waals surface area contributed by atoms with Crippen LogP contribution in [0.25, 0.3) is 0 Å². The molecule has 0 aromatic heterocycles. The van der Waals surface area contributed by atoms with Crippen molar-refractivity contribution in [1.29, 1.82) is 0 Å². The molecule has 0 amide bonds. The van der Waals surface area contributed by atoms with E-state index >= 15 is 0 Å². The van der Waals surface area contributed by atoms with Gasteiger partial charge in [-0.25, -0.2) is 0 Å². The minimum atomic E-state index is 0.738. The van der Waals surface area contributed by atoms with E-state index in [2.05, 4.69) is 41.2 Å². The van der Waals surface area contributed by atoms with Crippen molar-refractivity contribution >= 4 is 15.9 Å². The second-order valence-corrected chi connectivity index (χ2v) is 5.65. The highest BCUT2D eigenvalue weighted by Crippen LogP contribution is 2.36. The third kappa shape index (κ3) is 5.71. The number of ether oxygens (including phenoxy) is 2. The third-order valence-electron chi connectivity index (χ3n) is 3.11. The average molecular weight is 344 g/mol. The summed E-state index contributed by atoms with van der Waals surface area (Å²) in [4.78, 5) is 0. The van der Waals surface area contributed by atoms with Gasteiger partial charge in [-0.15, -0.1) is 0 Å². The summed E-state index contributed by atoms with van der Waals surface area (Å²) in [5, 5.41) is 3.31. The lowest BCUT2D eigenvalue weighted by Gasteiger charge is -2.14. The second kappa shape index (κ2) is 10.1. The molecule has 20 heavy (non-hydrogen) atoms. The maximum Gasteiger partial charge on any atom is 0.175 e. The average Bonchev–Trinajstić information content (AvgIpc) is 2.46. The largest absolute Gasteiger partial charge is 0.493 e. The van der Waals surface area contributed by atoms with Gasteiger partial charge < -0.3 is 14.8 Å². The number of halogens is 1. The summed E-state index contributed by atoms with van der Waals surface area (Å²) in [5.74, 6) is 1.60. The van der Waals surface area contributed by atoms with Crippen LogP contribution in [0.15, 0.2) is 16.6 Å². The van der Waals surface area contributed by atoms with Crippen LogP contribution in [0.3, 0.4) is 0 Å². The molecule has 114 valence electrons. The van der Waals surface area contributed by atoms with Gasteiger partial charge >= 0.3 is 0 Å². The quantitative estimate of drug-likeness (QED) is 0.633. The van der Waals surface area contributed by atoms with Crippen molar-refractivity contribution in [2.24, 2.45) is 0 Å². The molecule has 1 rings (SSSR count). The molecule has 3 nitrogen and oxygen atoms in total. The van der Waals surface area contributed by atoms with Gasteiger partial charge in [0.1, 0.15) is 0 Å². The Kier molecular flexibility index (Phi) is 8.70. The Morgan fingerprint density at radius 2 is 1.95 bits per heavy atom. The summed E-state index contributed by atoms with van der Waals surface area (Å²) in [6.45, 7) is 6.84. The molecule has 0 bridgehead atoms. The van der Waals surface area contributed by atoms with Gasteiger partial charge in [-0.2, -0.15) is 0 Å². The maximum atomic E-state index is 5.87. The highest BCUT2D eigenvalue weighted by atomic mass is 79.9. The van der Waals surface area contributed by atoms with Crippen LogP contribution >= 0.6 is 15.9 Å². The van der Waals surface area contributed by atoms with Crippen LogP contribution in [0.1, 0.15) is 45.1 Å². The molecule has 0 aliphatic rings. The third-order valence-corrected chi connectivity index (χ3v) is 3.70. The molecule has 0 saturated heterocycles. The lowest BCUT2D eigenvalue weighted by molar-refractivity contribution is 0.283. The van der Waals surface area contributed by atoms with Crippen LogP contribution in [0, 0.1) is 0 Å². The monoisotopic (exact) mass is 343 g/mol. The normalized spacial score (nSPS) is 10.6. The van der Waals surface area contributed by atoms with Crippen molar-refractivity contribution < 1.29 is 9.47 Å². The number of methoxy groups -OCH3 is 1. The van der Waals surface area contributed by atoms with Crippen LogP contribution in [-0.2, 0) is 6.54 Å². The van der Waals surface area contributed by atoms with Crippen molar-refractivity contribution in [3.8, 4) is 11.5 Å². The fraction of sp³-hybridized carbons (Fsp3) is 0.625. The Bertz CT molecular complexity index is 396. The molecule has 0 aliphatic heterocycles. The molecule has 0 heterocycles. The Labute approximate surface area is 131 Å². The van der Waals surface area contributed by atoms with Gasteiger partial charge in [-0.3, -0.25) is 0 Å². The molecule has 0 aliphatic carbocycles. The van der Waals surface area contributed by atoms with E-state index in [1.54, 1.807) is 7.11 Å². The van der Waals surface area contributed by atoms with Crippen molar-refractivity contribution in [3.63, 3.8) is 0 Å². The minimum Gasteiger partial charge on any atom is -0.493 e. The van der Waals surface area contributed by atoms with E-state index in [0.29, 0.717) is 0 Å². The Hall–Kier alpha value is -0.740. The summed E-state index contributed by atoms with van der Waals surface area (Å²) < 4.78 is 12.3. The second-order valence-electron chi connectivity index (χ2n) is 4.80. The first-order valence-corrected chi connectivity index (χ1v) is 8.22. The van der Waals surface area contributed by atoms with Gasteiger partial charge in [0.25, 0.3) is 0 Å². The molecule has 1 aromatic carbocycles. The smallest absolute Gasteiger partial charge is 0.175 e. The molecule has 4 heteroatoms. The van der Waals surface area contributed by atoms with Gasteiger partial charge in [0.05, 0.1) is 18.2 Å². The van der Waals surface area contributed by atoms with Crippen LogP contribution in [0.5, 0.6) is 11.5 Å². The number of nitrogens with one attached hydrogen (secondary N) is 1. The summed E-state index contributed by atoms with van der Waals surface area (Å²) in [6, 6.07) is 4.13. The first kappa shape index (κ1) is 17.3. The van der Waals surface area contributed by atoms with Crippen molar-refractivity contribution in [2.75, 3.05) is 20.3 Å². The number of hydrogen-bond acceptors (Lipinski definition) is 3. The zero-order chi connectivity index (χ0) is 14.8. The lowest BCUT2D eigenvalue weighted by Crippen LogP contribution is -2.12. The van der Waals surface area contributed by atoms with E-state index in [4.69, 9.17) is 9.47 Å². The van der Waals surface area contributed by atoms with E-state index in [0.717, 1.165) is 42.1 Å². The highest BCUT2D eigenvalue weighted by molar-refractivity contribution is 9.10. The summed E-state index contributed by atoms with van der Waals surface area (Å²) in [5.41, 5.74) is 1.19. The van der Waals surface area contributed by atoms with E-state index in [1.165, 1.54) is 24.8 Å². The number of unbranched alkanes of at least 4 members (excludes halogenated alkanes) is 3. The molecule has 1 N–H and O–H groups in total. The van der Waals surface area contributed by atoms with Crippen LogP contribution < -0.4 is 14.8 Å². The summed E-state index contributed by atoms with van der Waals surface area (Å²) >= 11 is 3.58. The van der Waals surface area contributed by atoms with Crippen LogP contribution in [-0.4, -0.2) is 20.3 Å². The SMILES string of the molecule is CCCCCCOc1c(Br)cc(CNCC)cc1OC. The van der Waals surface area contributed by atoms with Crippen molar-refractivity contribution in [2.45, 2.75) is 46.1 Å². The fourth-order valence-electron chi connectivity index (χ4n) is 1.99. The zero-order valence-corrected chi connectivity index (χ0v) is 14.4. The predicted molar refractivity (Wildman–Crippen MR) is 87.7 cm³/mol. The number of benzene rings is 1. The molecule has 0 saturated carbocycles. The molecule has 1 aromatic rings. The van der Waals surface area contributed by atoms with Crippen LogP contribution in [0.2, 0.25) is 0 Å². The van der Waals surface area contributed by atoms with Crippen LogP contribution in [0.4, 0.5) is 0 Å².